The highest BCUT2D eigenvalue weighted by Gasteiger charge is 2.50. The second kappa shape index (κ2) is 2.15. The van der Waals surface area contributed by atoms with Crippen LogP contribution in [0.5, 0.6) is 0 Å². The highest BCUT2D eigenvalue weighted by Crippen LogP contribution is 2.35. The molecule has 0 fully saturated rings. The Kier molecular flexibility index (Phi) is 2.09. The molecule has 4 heteroatoms. The van der Waals surface area contributed by atoms with Crippen molar-refractivity contribution in [1.82, 2.24) is 0 Å². The van der Waals surface area contributed by atoms with Gasteiger partial charge in [0.1, 0.15) is 0 Å². The van der Waals surface area contributed by atoms with E-state index in [1.54, 1.807) is 0 Å². The summed E-state index contributed by atoms with van der Waals surface area (Å²) in [6, 6.07) is 0. The first-order valence-corrected chi connectivity index (χ1v) is 2.57. The molecule has 0 radical (unpaired) electrons. The second-order valence-electron chi connectivity index (χ2n) is 2.05. The number of hydrogen-bond acceptors (Lipinski definition) is 0. The Morgan fingerprint density at radius 3 is 1.44 bits per heavy atom. The lowest BCUT2D eigenvalue weighted by atomic mass is 10.1. The van der Waals surface area contributed by atoms with E-state index >= 15 is 0 Å². The maximum atomic E-state index is 12.2. The van der Waals surface area contributed by atoms with Crippen molar-refractivity contribution in [2.45, 2.75) is 32.1 Å². The first-order chi connectivity index (χ1) is 3.81. The smallest absolute Gasteiger partial charge is 0.234 e. The fourth-order valence-electron chi connectivity index (χ4n) is 0.200. The van der Waals surface area contributed by atoms with Gasteiger partial charge in [0.25, 0.3) is 0 Å². The second-order valence-corrected chi connectivity index (χ2v) is 2.05. The fraction of sp³-hybridized carbons (Fsp3) is 1.00. The molecule has 0 rings (SSSR count). The van der Waals surface area contributed by atoms with E-state index in [9.17, 15) is 17.6 Å². The van der Waals surface area contributed by atoms with Gasteiger partial charge in [-0.05, 0) is 13.3 Å². The molecule has 0 aliphatic rings. The molecule has 0 saturated heterocycles. The van der Waals surface area contributed by atoms with Crippen LogP contribution in [0, 0.1) is 0 Å². The van der Waals surface area contributed by atoms with Gasteiger partial charge in [-0.3, -0.25) is 0 Å². The predicted octanol–water partition coefficient (Wildman–Crippen LogP) is 2.69. The molecule has 0 N–H and O–H groups in total. The third-order valence-corrected chi connectivity index (χ3v) is 1.26. The summed E-state index contributed by atoms with van der Waals surface area (Å²) in [4.78, 5) is 0. The molecule has 0 aromatic rings. The van der Waals surface area contributed by atoms with Gasteiger partial charge in [0, 0.05) is 0 Å². The zero-order valence-electron chi connectivity index (χ0n) is 5.22. The number of hydrogen-bond donors (Lipinski definition) is 0. The Balaban J connectivity index is 4.14. The molecule has 0 saturated carbocycles. The summed E-state index contributed by atoms with van der Waals surface area (Å²) < 4.78 is 46.6. The minimum Gasteiger partial charge on any atom is -0.234 e. The van der Waals surface area contributed by atoms with Gasteiger partial charge in [-0.15, -0.1) is 0 Å². The molecule has 0 bridgehead atoms. The SMILES string of the molecule is CCC(C)(F)C(F)(F)F. The van der Waals surface area contributed by atoms with Gasteiger partial charge in [0.05, 0.1) is 0 Å². The molecule has 0 aromatic heterocycles. The zero-order chi connectivity index (χ0) is 7.71. The summed E-state index contributed by atoms with van der Waals surface area (Å²) in [6.07, 6.45) is -5.25. The maximum absolute atomic E-state index is 12.2. The molecular formula is C5H8F4. The molecule has 0 amide bonds. The molecule has 0 heterocycles. The van der Waals surface area contributed by atoms with Gasteiger partial charge in [0.15, 0.2) is 0 Å². The van der Waals surface area contributed by atoms with Crippen molar-refractivity contribution < 1.29 is 17.6 Å². The summed E-state index contributed by atoms with van der Waals surface area (Å²) in [5.74, 6) is 0. The van der Waals surface area contributed by atoms with Gasteiger partial charge in [-0.25, -0.2) is 4.39 Å². The highest BCUT2D eigenvalue weighted by molar-refractivity contribution is 4.79. The van der Waals surface area contributed by atoms with E-state index in [1.807, 2.05) is 0 Å². The van der Waals surface area contributed by atoms with Crippen LogP contribution in [-0.4, -0.2) is 11.8 Å². The van der Waals surface area contributed by atoms with Gasteiger partial charge < -0.3 is 0 Å². The number of halogens is 4. The monoisotopic (exact) mass is 144 g/mol. The Morgan fingerprint density at radius 1 is 1.11 bits per heavy atom. The number of rotatable bonds is 1. The summed E-state index contributed by atoms with van der Waals surface area (Å²) in [5, 5.41) is 0. The van der Waals surface area contributed by atoms with E-state index in [-0.39, 0.29) is 0 Å². The summed E-state index contributed by atoms with van der Waals surface area (Å²) >= 11 is 0. The van der Waals surface area contributed by atoms with Crippen LogP contribution in [0.15, 0.2) is 0 Å². The van der Waals surface area contributed by atoms with Crippen LogP contribution >= 0.6 is 0 Å². The molecular weight excluding hydrogens is 136 g/mol. The predicted molar refractivity (Wildman–Crippen MR) is 25.9 cm³/mol. The van der Waals surface area contributed by atoms with Crippen molar-refractivity contribution in [2.24, 2.45) is 0 Å². The molecule has 1 unspecified atom stereocenters. The topological polar surface area (TPSA) is 0 Å². The Bertz CT molecular complexity index is 91.6. The van der Waals surface area contributed by atoms with E-state index in [0.717, 1.165) is 6.92 Å². The minimum atomic E-state index is -4.72. The van der Waals surface area contributed by atoms with Gasteiger partial charge >= 0.3 is 6.18 Å². The molecule has 1 atom stereocenters. The van der Waals surface area contributed by atoms with Crippen molar-refractivity contribution in [3.63, 3.8) is 0 Å². The molecule has 9 heavy (non-hydrogen) atoms. The van der Waals surface area contributed by atoms with Crippen LogP contribution in [0.4, 0.5) is 17.6 Å². The van der Waals surface area contributed by atoms with Gasteiger partial charge in [-0.2, -0.15) is 13.2 Å². The largest absolute Gasteiger partial charge is 0.422 e. The van der Waals surface area contributed by atoms with E-state index in [4.69, 9.17) is 0 Å². The Hall–Kier alpha value is -0.280. The average Bonchev–Trinajstić information content (AvgIpc) is 1.64. The average molecular weight is 144 g/mol. The Labute approximate surface area is 50.9 Å². The van der Waals surface area contributed by atoms with Crippen LogP contribution < -0.4 is 0 Å². The van der Waals surface area contributed by atoms with Crippen LogP contribution in [0.2, 0.25) is 0 Å². The first-order valence-electron chi connectivity index (χ1n) is 2.57. The van der Waals surface area contributed by atoms with Crippen LogP contribution in [0.25, 0.3) is 0 Å². The van der Waals surface area contributed by atoms with Crippen LogP contribution in [0.1, 0.15) is 20.3 Å². The standard InChI is InChI=1S/C5H8F4/c1-3-4(2,6)5(7,8)9/h3H2,1-2H3. The lowest BCUT2D eigenvalue weighted by molar-refractivity contribution is -0.224. The van der Waals surface area contributed by atoms with Gasteiger partial charge in [0.2, 0.25) is 5.67 Å². The lowest BCUT2D eigenvalue weighted by Crippen LogP contribution is -2.36. The molecule has 0 nitrogen and oxygen atoms in total. The van der Waals surface area contributed by atoms with Crippen LogP contribution in [-0.2, 0) is 0 Å². The quantitative estimate of drug-likeness (QED) is 0.496. The first kappa shape index (κ1) is 8.72. The molecule has 0 aromatic carbocycles. The molecule has 0 aliphatic carbocycles. The fourth-order valence-corrected chi connectivity index (χ4v) is 0.200. The highest BCUT2D eigenvalue weighted by atomic mass is 19.4. The maximum Gasteiger partial charge on any atom is 0.422 e. The number of alkyl halides is 4. The third-order valence-electron chi connectivity index (χ3n) is 1.26. The van der Waals surface area contributed by atoms with E-state index < -0.39 is 18.3 Å². The summed E-state index contributed by atoms with van der Waals surface area (Å²) in [6.45, 7) is 1.69. The normalized spacial score (nSPS) is 19.3. The third kappa shape index (κ3) is 1.84. The summed E-state index contributed by atoms with van der Waals surface area (Å²) in [7, 11) is 0. The van der Waals surface area contributed by atoms with E-state index in [0.29, 0.717) is 6.92 Å². The van der Waals surface area contributed by atoms with Gasteiger partial charge in [-0.1, -0.05) is 6.92 Å². The van der Waals surface area contributed by atoms with Crippen molar-refractivity contribution >= 4 is 0 Å². The van der Waals surface area contributed by atoms with E-state index in [1.165, 1.54) is 0 Å². The molecule has 0 aliphatic heterocycles. The molecule has 0 spiro atoms. The van der Waals surface area contributed by atoms with Crippen LogP contribution in [0.3, 0.4) is 0 Å². The molecule has 56 valence electrons. The zero-order valence-corrected chi connectivity index (χ0v) is 5.22. The summed E-state index contributed by atoms with van der Waals surface area (Å²) in [5.41, 5.74) is -3.02. The van der Waals surface area contributed by atoms with Crippen molar-refractivity contribution in [1.29, 1.82) is 0 Å². The van der Waals surface area contributed by atoms with E-state index in [2.05, 4.69) is 0 Å². The lowest BCUT2D eigenvalue weighted by Gasteiger charge is -2.20. The van der Waals surface area contributed by atoms with Crippen molar-refractivity contribution in [3.8, 4) is 0 Å². The van der Waals surface area contributed by atoms with Crippen molar-refractivity contribution in [3.05, 3.63) is 0 Å². The minimum absolute atomic E-state index is 0.531. The Morgan fingerprint density at radius 2 is 1.44 bits per heavy atom. The van der Waals surface area contributed by atoms with Crippen molar-refractivity contribution in [2.75, 3.05) is 0 Å².